The smallest absolute Gasteiger partial charge is 0.263 e. The first-order valence-electron chi connectivity index (χ1n) is 10.6. The van der Waals surface area contributed by atoms with Crippen molar-refractivity contribution in [2.75, 3.05) is 0 Å². The van der Waals surface area contributed by atoms with Crippen LogP contribution in [0.4, 0.5) is 4.39 Å². The first-order valence-corrected chi connectivity index (χ1v) is 11.4. The Bertz CT molecular complexity index is 1420. The van der Waals surface area contributed by atoms with E-state index in [1.807, 2.05) is 38.3 Å². The van der Waals surface area contributed by atoms with Crippen LogP contribution in [0.15, 0.2) is 46.6 Å². The number of thiophene rings is 1. The minimum absolute atomic E-state index is 0.0398. The number of aryl methyl sites for hydroxylation is 3. The summed E-state index contributed by atoms with van der Waals surface area (Å²) in [6.45, 7) is 9.49. The van der Waals surface area contributed by atoms with Crippen LogP contribution >= 0.6 is 11.3 Å². The summed E-state index contributed by atoms with van der Waals surface area (Å²) in [5, 5.41) is 2.49. The Morgan fingerprint density at radius 2 is 1.81 bits per heavy atom. The molecule has 2 aromatic carbocycles. The lowest BCUT2D eigenvalue weighted by atomic mass is 10.0. The number of carbonyl (C=O) groups is 1. The van der Waals surface area contributed by atoms with E-state index in [1.54, 1.807) is 6.92 Å². The normalized spacial score (nSPS) is 11.5. The van der Waals surface area contributed by atoms with Crippen LogP contribution in [0.3, 0.4) is 0 Å². The fourth-order valence-electron chi connectivity index (χ4n) is 3.81. The molecule has 164 valence electrons. The Morgan fingerprint density at radius 1 is 1.06 bits per heavy atom. The molecule has 32 heavy (non-hydrogen) atoms. The van der Waals surface area contributed by atoms with Crippen molar-refractivity contribution in [1.82, 2.24) is 9.55 Å². The number of Topliss-reactive ketones (excluding diaryl/α,β-unsaturated/α-hetero) is 1. The maximum atomic E-state index is 13.7. The van der Waals surface area contributed by atoms with Crippen LogP contribution < -0.4 is 5.56 Å². The highest BCUT2D eigenvalue weighted by Crippen LogP contribution is 2.32. The van der Waals surface area contributed by atoms with Crippen molar-refractivity contribution in [2.24, 2.45) is 0 Å². The predicted octanol–water partition coefficient (Wildman–Crippen LogP) is 6.20. The van der Waals surface area contributed by atoms with Crippen LogP contribution in [0, 0.1) is 26.6 Å². The molecule has 4 aromatic rings. The van der Waals surface area contributed by atoms with Gasteiger partial charge in [-0.15, -0.1) is 11.3 Å². The van der Waals surface area contributed by atoms with E-state index in [4.69, 9.17) is 4.98 Å². The van der Waals surface area contributed by atoms with Crippen LogP contribution in [0.25, 0.3) is 21.3 Å². The summed E-state index contributed by atoms with van der Waals surface area (Å²) in [5.74, 6) is -0.0765. The molecule has 0 saturated carbocycles. The van der Waals surface area contributed by atoms with E-state index in [0.29, 0.717) is 27.2 Å². The van der Waals surface area contributed by atoms with E-state index in [2.05, 4.69) is 13.0 Å². The van der Waals surface area contributed by atoms with Crippen molar-refractivity contribution in [2.45, 2.75) is 47.1 Å². The highest BCUT2D eigenvalue weighted by molar-refractivity contribution is 7.17. The lowest BCUT2D eigenvalue weighted by molar-refractivity contribution is 0.0969. The summed E-state index contributed by atoms with van der Waals surface area (Å²) in [4.78, 5) is 32.1. The molecule has 0 aliphatic carbocycles. The molecule has 0 radical (unpaired) electrons. The monoisotopic (exact) mass is 448 g/mol. The number of ketones is 1. The number of benzene rings is 2. The van der Waals surface area contributed by atoms with Crippen molar-refractivity contribution in [1.29, 1.82) is 0 Å². The van der Waals surface area contributed by atoms with Gasteiger partial charge in [0.05, 0.1) is 11.9 Å². The quantitative estimate of drug-likeness (QED) is 0.342. The Kier molecular flexibility index (Phi) is 5.82. The van der Waals surface area contributed by atoms with Gasteiger partial charge in [0, 0.05) is 22.4 Å². The van der Waals surface area contributed by atoms with E-state index in [-0.39, 0.29) is 29.6 Å². The van der Waals surface area contributed by atoms with Gasteiger partial charge in [-0.1, -0.05) is 32.0 Å². The van der Waals surface area contributed by atoms with Crippen molar-refractivity contribution >= 4 is 27.3 Å². The van der Waals surface area contributed by atoms with Gasteiger partial charge in [0.2, 0.25) is 0 Å². The van der Waals surface area contributed by atoms with Crippen molar-refractivity contribution < 1.29 is 9.18 Å². The molecule has 0 aliphatic heterocycles. The first kappa shape index (κ1) is 22.1. The van der Waals surface area contributed by atoms with Crippen LogP contribution in [-0.2, 0) is 6.54 Å². The third-order valence-electron chi connectivity index (χ3n) is 5.84. The van der Waals surface area contributed by atoms with Crippen LogP contribution in [0.1, 0.15) is 52.6 Å². The second-order valence-electron chi connectivity index (χ2n) is 8.53. The largest absolute Gasteiger partial charge is 0.292 e. The first-order chi connectivity index (χ1) is 15.2. The summed E-state index contributed by atoms with van der Waals surface area (Å²) < 4.78 is 15.1. The molecule has 0 unspecified atom stereocenters. The predicted molar refractivity (Wildman–Crippen MR) is 128 cm³/mol. The van der Waals surface area contributed by atoms with Gasteiger partial charge in [-0.3, -0.25) is 14.2 Å². The van der Waals surface area contributed by atoms with E-state index in [1.165, 1.54) is 39.7 Å². The van der Waals surface area contributed by atoms with Gasteiger partial charge in [-0.25, -0.2) is 9.37 Å². The van der Waals surface area contributed by atoms with Gasteiger partial charge in [0.15, 0.2) is 5.78 Å². The number of fused-ring (bicyclic) bond motifs is 1. The standard InChI is InChI=1S/C26H25FN2O2S/c1-14(2)24-28-25-23(20(13-32-25)18-7-6-15(3)16(4)10-18)26(31)29(24)12-22(30)19-8-9-21(27)17(5)11-19/h6-11,13-14H,12H2,1-5H3. The van der Waals surface area contributed by atoms with Crippen LogP contribution in [-0.4, -0.2) is 15.3 Å². The number of rotatable bonds is 5. The molecule has 0 fully saturated rings. The van der Waals surface area contributed by atoms with Crippen molar-refractivity contribution in [3.05, 3.63) is 86.0 Å². The molecule has 0 aliphatic rings. The highest BCUT2D eigenvalue weighted by atomic mass is 32.1. The molecule has 0 amide bonds. The average molecular weight is 449 g/mol. The summed E-state index contributed by atoms with van der Waals surface area (Å²) in [6, 6.07) is 10.4. The molecule has 6 heteroatoms. The summed E-state index contributed by atoms with van der Waals surface area (Å²) in [7, 11) is 0. The zero-order chi connectivity index (χ0) is 23.2. The molecule has 0 spiro atoms. The minimum Gasteiger partial charge on any atom is -0.292 e. The average Bonchev–Trinajstić information content (AvgIpc) is 3.18. The molecule has 0 bridgehead atoms. The molecular weight excluding hydrogens is 423 g/mol. The Morgan fingerprint density at radius 3 is 2.47 bits per heavy atom. The number of carbonyl (C=O) groups excluding carboxylic acids is 1. The SMILES string of the molecule is Cc1ccc(-c2csc3nc(C(C)C)n(CC(=O)c4ccc(F)c(C)c4)c(=O)c23)cc1C. The lowest BCUT2D eigenvalue weighted by Gasteiger charge is -2.15. The van der Waals surface area contributed by atoms with Gasteiger partial charge in [-0.2, -0.15) is 0 Å². The fourth-order valence-corrected chi connectivity index (χ4v) is 4.75. The molecule has 4 rings (SSSR count). The molecule has 0 N–H and O–H groups in total. The molecular formula is C26H25FN2O2S. The highest BCUT2D eigenvalue weighted by Gasteiger charge is 2.21. The number of halogens is 1. The number of aromatic nitrogens is 2. The van der Waals surface area contributed by atoms with Crippen LogP contribution in [0.2, 0.25) is 0 Å². The van der Waals surface area contributed by atoms with Crippen molar-refractivity contribution in [3.8, 4) is 11.1 Å². The zero-order valence-electron chi connectivity index (χ0n) is 18.8. The summed E-state index contributed by atoms with van der Waals surface area (Å²) in [5.41, 5.74) is 4.69. The molecule has 4 nitrogen and oxygen atoms in total. The van der Waals surface area contributed by atoms with E-state index in [0.717, 1.165) is 16.7 Å². The molecule has 2 aromatic heterocycles. The maximum absolute atomic E-state index is 13.7. The fraction of sp³-hybridized carbons (Fsp3) is 0.269. The maximum Gasteiger partial charge on any atom is 0.263 e. The number of nitrogens with zero attached hydrogens (tertiary/aromatic N) is 2. The Hall–Kier alpha value is -3.12. The third kappa shape index (κ3) is 3.91. The molecule has 2 heterocycles. The summed E-state index contributed by atoms with van der Waals surface area (Å²) >= 11 is 1.44. The topological polar surface area (TPSA) is 52.0 Å². The number of hydrogen-bond donors (Lipinski definition) is 0. The van der Waals surface area contributed by atoms with Crippen LogP contribution in [0.5, 0.6) is 0 Å². The third-order valence-corrected chi connectivity index (χ3v) is 6.71. The van der Waals surface area contributed by atoms with Gasteiger partial charge < -0.3 is 0 Å². The zero-order valence-corrected chi connectivity index (χ0v) is 19.6. The van der Waals surface area contributed by atoms with E-state index >= 15 is 0 Å². The number of hydrogen-bond acceptors (Lipinski definition) is 4. The Labute approximate surface area is 190 Å². The Balaban J connectivity index is 1.87. The van der Waals surface area contributed by atoms with E-state index in [9.17, 15) is 14.0 Å². The van der Waals surface area contributed by atoms with Gasteiger partial charge in [0.1, 0.15) is 16.5 Å². The lowest BCUT2D eigenvalue weighted by Crippen LogP contribution is -2.29. The summed E-state index contributed by atoms with van der Waals surface area (Å²) in [6.07, 6.45) is 0. The van der Waals surface area contributed by atoms with Crippen molar-refractivity contribution in [3.63, 3.8) is 0 Å². The molecule has 0 saturated heterocycles. The second kappa shape index (κ2) is 8.43. The van der Waals surface area contributed by atoms with Gasteiger partial charge in [0.25, 0.3) is 5.56 Å². The second-order valence-corrected chi connectivity index (χ2v) is 9.39. The minimum atomic E-state index is -0.360. The van der Waals surface area contributed by atoms with Gasteiger partial charge in [-0.05, 0) is 61.2 Å². The van der Waals surface area contributed by atoms with E-state index < -0.39 is 0 Å². The molecule has 0 atom stereocenters. The van der Waals surface area contributed by atoms with Gasteiger partial charge >= 0.3 is 0 Å².